The number of aromatic nitrogens is 4. The van der Waals surface area contributed by atoms with Crippen LogP contribution < -0.4 is 10.2 Å². The summed E-state index contributed by atoms with van der Waals surface area (Å²) in [4.78, 5) is 33.4. The van der Waals surface area contributed by atoms with E-state index in [0.29, 0.717) is 12.2 Å². The monoisotopic (exact) mass is 418 g/mol. The van der Waals surface area contributed by atoms with E-state index in [1.165, 1.54) is 0 Å². The molecule has 2 atom stereocenters. The molecule has 0 bridgehead atoms. The first kappa shape index (κ1) is 21.2. The zero-order chi connectivity index (χ0) is 21.8. The molecule has 0 saturated carbocycles. The van der Waals surface area contributed by atoms with E-state index < -0.39 is 0 Å². The van der Waals surface area contributed by atoms with Crippen molar-refractivity contribution in [2.75, 3.05) is 18.0 Å². The molecule has 0 aliphatic carbocycles. The molecule has 1 N–H and O–H groups in total. The highest BCUT2D eigenvalue weighted by molar-refractivity contribution is 5.80. The van der Waals surface area contributed by atoms with Gasteiger partial charge in [-0.05, 0) is 50.3 Å². The zero-order valence-electron chi connectivity index (χ0n) is 18.5. The van der Waals surface area contributed by atoms with Crippen LogP contribution in [0, 0.1) is 5.92 Å². The van der Waals surface area contributed by atoms with Gasteiger partial charge in [0.2, 0.25) is 5.91 Å². The summed E-state index contributed by atoms with van der Waals surface area (Å²) in [5.41, 5.74) is 5.59. The van der Waals surface area contributed by atoms with Gasteiger partial charge in [-0.1, -0.05) is 19.9 Å². The molecule has 2 unspecified atom stereocenters. The summed E-state index contributed by atoms with van der Waals surface area (Å²) in [5.74, 6) is 0.0405. The van der Waals surface area contributed by atoms with E-state index >= 15 is 0 Å². The number of pyridine rings is 2. The Morgan fingerprint density at radius 2 is 2.03 bits per heavy atom. The molecule has 3 aromatic rings. The van der Waals surface area contributed by atoms with Crippen LogP contribution in [0.4, 0.5) is 5.69 Å². The maximum atomic E-state index is 12.9. The highest BCUT2D eigenvalue weighted by Gasteiger charge is 2.27. The quantitative estimate of drug-likeness (QED) is 0.658. The van der Waals surface area contributed by atoms with Crippen LogP contribution >= 0.6 is 0 Å². The molecule has 0 spiro atoms. The zero-order valence-corrected chi connectivity index (χ0v) is 18.5. The van der Waals surface area contributed by atoms with Crippen LogP contribution in [0.15, 0.2) is 36.8 Å². The molecule has 4 rings (SSSR count). The molecular formula is C24H30N6O. The minimum Gasteiger partial charge on any atom is -0.369 e. The molecule has 7 heteroatoms. The Labute approximate surface area is 183 Å². The topological polar surface area (TPSA) is 83.9 Å². The Hall–Kier alpha value is -3.09. The number of anilines is 1. The Morgan fingerprint density at radius 1 is 1.23 bits per heavy atom. The molecule has 7 nitrogen and oxygen atoms in total. The van der Waals surface area contributed by atoms with Crippen LogP contribution in [-0.2, 0) is 17.6 Å². The number of aryl methyl sites for hydroxylation is 2. The predicted molar refractivity (Wildman–Crippen MR) is 122 cm³/mol. The fourth-order valence-corrected chi connectivity index (χ4v) is 4.22. The third-order valence-electron chi connectivity index (χ3n) is 6.03. The molecule has 0 radical (unpaired) electrons. The second-order valence-electron chi connectivity index (χ2n) is 8.16. The van der Waals surface area contributed by atoms with Crippen LogP contribution in [0.3, 0.4) is 0 Å². The van der Waals surface area contributed by atoms with E-state index in [9.17, 15) is 4.79 Å². The molecular weight excluding hydrogens is 388 g/mol. The molecule has 1 saturated heterocycles. The van der Waals surface area contributed by atoms with Gasteiger partial charge in [0.05, 0.1) is 35.2 Å². The number of amides is 1. The van der Waals surface area contributed by atoms with E-state index in [4.69, 9.17) is 9.97 Å². The average Bonchev–Trinajstić information content (AvgIpc) is 2.83. The maximum absolute atomic E-state index is 12.9. The van der Waals surface area contributed by atoms with Gasteiger partial charge < -0.3 is 10.2 Å². The van der Waals surface area contributed by atoms with Gasteiger partial charge in [0.1, 0.15) is 5.52 Å². The molecule has 3 aromatic heterocycles. The summed E-state index contributed by atoms with van der Waals surface area (Å²) in [5, 5.41) is 3.15. The van der Waals surface area contributed by atoms with Gasteiger partial charge in [-0.15, -0.1) is 0 Å². The van der Waals surface area contributed by atoms with E-state index in [1.54, 1.807) is 12.4 Å². The van der Waals surface area contributed by atoms with Crippen molar-refractivity contribution < 1.29 is 4.79 Å². The largest absolute Gasteiger partial charge is 0.369 e. The molecule has 0 aromatic carbocycles. The standard InChI is InChI=1S/C24H30N6O/c1-4-20-21(5-2)29-23-22(28-20)12-19(14-26-23)30-11-7-9-18(15-30)24(31)27-16(3)17-8-6-10-25-13-17/h6,8,10,12-14,16,18H,4-5,7,9,11,15H2,1-3H3,(H,27,31). The third-order valence-corrected chi connectivity index (χ3v) is 6.03. The number of hydrogen-bond acceptors (Lipinski definition) is 6. The molecule has 1 fully saturated rings. The van der Waals surface area contributed by atoms with Crippen molar-refractivity contribution in [2.45, 2.75) is 52.5 Å². The van der Waals surface area contributed by atoms with Crippen LogP contribution in [0.25, 0.3) is 11.2 Å². The smallest absolute Gasteiger partial charge is 0.225 e. The average molecular weight is 419 g/mol. The van der Waals surface area contributed by atoms with Crippen molar-refractivity contribution >= 4 is 22.8 Å². The van der Waals surface area contributed by atoms with E-state index in [-0.39, 0.29) is 17.9 Å². The normalized spacial score (nSPS) is 17.5. The van der Waals surface area contributed by atoms with Gasteiger partial charge in [-0.3, -0.25) is 9.78 Å². The highest BCUT2D eigenvalue weighted by Crippen LogP contribution is 2.26. The first-order chi connectivity index (χ1) is 15.1. The Balaban J connectivity index is 1.48. The van der Waals surface area contributed by atoms with Crippen molar-refractivity contribution in [3.63, 3.8) is 0 Å². The summed E-state index contributed by atoms with van der Waals surface area (Å²) in [7, 11) is 0. The van der Waals surface area contributed by atoms with Crippen molar-refractivity contribution in [1.29, 1.82) is 0 Å². The van der Waals surface area contributed by atoms with Crippen LogP contribution in [0.5, 0.6) is 0 Å². The van der Waals surface area contributed by atoms with Gasteiger partial charge in [0.25, 0.3) is 0 Å². The number of rotatable bonds is 6. The lowest BCUT2D eigenvalue weighted by Crippen LogP contribution is -2.43. The minimum absolute atomic E-state index is 0.0525. The lowest BCUT2D eigenvalue weighted by molar-refractivity contribution is -0.125. The van der Waals surface area contributed by atoms with Gasteiger partial charge in [-0.25, -0.2) is 15.0 Å². The van der Waals surface area contributed by atoms with Crippen LogP contribution in [-0.4, -0.2) is 38.9 Å². The van der Waals surface area contributed by atoms with E-state index in [2.05, 4.69) is 40.1 Å². The van der Waals surface area contributed by atoms with Gasteiger partial charge in [0.15, 0.2) is 5.65 Å². The number of hydrogen-bond donors (Lipinski definition) is 1. The van der Waals surface area contributed by atoms with Crippen LogP contribution in [0.1, 0.15) is 56.6 Å². The Kier molecular flexibility index (Phi) is 6.39. The third kappa shape index (κ3) is 4.65. The summed E-state index contributed by atoms with van der Waals surface area (Å²) in [6.45, 7) is 7.79. The summed E-state index contributed by atoms with van der Waals surface area (Å²) >= 11 is 0. The lowest BCUT2D eigenvalue weighted by Gasteiger charge is -2.34. The number of carbonyl (C=O) groups is 1. The van der Waals surface area contributed by atoms with Gasteiger partial charge >= 0.3 is 0 Å². The molecule has 162 valence electrons. The maximum Gasteiger partial charge on any atom is 0.225 e. The Bertz CT molecular complexity index is 1050. The second kappa shape index (κ2) is 9.37. The number of nitrogens with zero attached hydrogens (tertiary/aromatic N) is 5. The number of carbonyl (C=O) groups excluding carboxylic acids is 1. The fraction of sp³-hybridized carbons (Fsp3) is 0.458. The van der Waals surface area contributed by atoms with E-state index in [0.717, 1.165) is 60.4 Å². The molecule has 31 heavy (non-hydrogen) atoms. The van der Waals surface area contributed by atoms with Crippen molar-refractivity contribution in [3.8, 4) is 0 Å². The molecule has 4 heterocycles. The minimum atomic E-state index is -0.0607. The van der Waals surface area contributed by atoms with Crippen LogP contribution in [0.2, 0.25) is 0 Å². The first-order valence-electron chi connectivity index (χ1n) is 11.2. The summed E-state index contributed by atoms with van der Waals surface area (Å²) in [6.07, 6.45) is 8.98. The number of piperidine rings is 1. The second-order valence-corrected chi connectivity index (χ2v) is 8.16. The number of nitrogens with one attached hydrogen (secondary N) is 1. The predicted octanol–water partition coefficient (Wildman–Crippen LogP) is 3.64. The van der Waals surface area contributed by atoms with Crippen molar-refractivity contribution in [2.24, 2.45) is 5.92 Å². The lowest BCUT2D eigenvalue weighted by atomic mass is 9.96. The Morgan fingerprint density at radius 3 is 2.77 bits per heavy atom. The molecule has 1 aliphatic heterocycles. The summed E-state index contributed by atoms with van der Waals surface area (Å²) < 4.78 is 0. The van der Waals surface area contributed by atoms with Crippen molar-refractivity contribution in [1.82, 2.24) is 25.3 Å². The van der Waals surface area contributed by atoms with Gasteiger partial charge in [0, 0.05) is 25.5 Å². The highest BCUT2D eigenvalue weighted by atomic mass is 16.2. The van der Waals surface area contributed by atoms with Gasteiger partial charge in [-0.2, -0.15) is 0 Å². The molecule has 1 aliphatic rings. The van der Waals surface area contributed by atoms with E-state index in [1.807, 2.05) is 25.3 Å². The fourth-order valence-electron chi connectivity index (χ4n) is 4.22. The SMILES string of the molecule is CCc1nc2cc(N3CCCC(C(=O)NC(C)c4cccnc4)C3)cnc2nc1CC. The first-order valence-corrected chi connectivity index (χ1v) is 11.2. The number of fused-ring (bicyclic) bond motifs is 1. The summed E-state index contributed by atoms with van der Waals surface area (Å²) in [6, 6.07) is 5.88. The molecule has 1 amide bonds. The van der Waals surface area contributed by atoms with Crippen molar-refractivity contribution in [3.05, 3.63) is 53.7 Å².